The van der Waals surface area contributed by atoms with E-state index in [-0.39, 0.29) is 5.25 Å². The summed E-state index contributed by atoms with van der Waals surface area (Å²) in [6.45, 7) is 3.55. The van der Waals surface area contributed by atoms with Gasteiger partial charge in [-0.15, -0.1) is 0 Å². The van der Waals surface area contributed by atoms with E-state index in [1.807, 2.05) is 0 Å². The van der Waals surface area contributed by atoms with Crippen LogP contribution in [0.15, 0.2) is 24.3 Å². The number of hydrogen-bond acceptors (Lipinski definition) is 2. The summed E-state index contributed by atoms with van der Waals surface area (Å²) in [5, 5.41) is -0.232. The van der Waals surface area contributed by atoms with Gasteiger partial charge in [0.2, 0.25) is 0 Å². The largest absolute Gasteiger partial charge is 0.229 e. The molecule has 0 amide bonds. The smallest absolute Gasteiger partial charge is 0.152 e. The van der Waals surface area contributed by atoms with Crippen molar-refractivity contribution >= 4 is 9.84 Å². The monoisotopic (exact) mass is 364 g/mol. The Hall–Kier alpha value is -0.830. The van der Waals surface area contributed by atoms with Crippen LogP contribution in [0.4, 0.5) is 0 Å². The molecule has 2 nitrogen and oxygen atoms in total. The molecule has 1 saturated carbocycles. The van der Waals surface area contributed by atoms with Crippen LogP contribution < -0.4 is 0 Å². The molecule has 0 bridgehead atoms. The average Bonchev–Trinajstić information content (AvgIpc) is 2.62. The second kappa shape index (κ2) is 10.4. The zero-order chi connectivity index (χ0) is 18.1. The van der Waals surface area contributed by atoms with Crippen molar-refractivity contribution in [3.05, 3.63) is 35.4 Å². The summed E-state index contributed by atoms with van der Waals surface area (Å²) in [7, 11) is -2.85. The van der Waals surface area contributed by atoms with Crippen LogP contribution in [0.5, 0.6) is 0 Å². The lowest BCUT2D eigenvalue weighted by atomic mass is 9.84. The van der Waals surface area contributed by atoms with Crippen LogP contribution in [-0.4, -0.2) is 19.4 Å². The maximum Gasteiger partial charge on any atom is 0.152 e. The Balaban J connectivity index is 1.59. The molecule has 3 heteroatoms. The molecule has 0 aliphatic heterocycles. The van der Waals surface area contributed by atoms with Gasteiger partial charge in [0.05, 0.1) is 11.0 Å². The van der Waals surface area contributed by atoms with E-state index >= 15 is 0 Å². The summed E-state index contributed by atoms with van der Waals surface area (Å²) in [5.41, 5.74) is 2.98. The summed E-state index contributed by atoms with van der Waals surface area (Å²) >= 11 is 0. The van der Waals surface area contributed by atoms with Crippen LogP contribution in [0.2, 0.25) is 0 Å². The molecular weight excluding hydrogens is 328 g/mol. The van der Waals surface area contributed by atoms with Crippen molar-refractivity contribution in [2.24, 2.45) is 0 Å². The Kier molecular flexibility index (Phi) is 8.48. The Labute approximate surface area is 155 Å². The SMILES string of the molecule is CC(C)S(=O)(=O)CCCCCCCc1ccc(C2CCCCC2)cc1. The highest BCUT2D eigenvalue weighted by Gasteiger charge is 2.15. The van der Waals surface area contributed by atoms with E-state index in [1.54, 1.807) is 13.8 Å². The molecule has 0 spiro atoms. The number of aryl methyl sites for hydroxylation is 1. The molecule has 0 aromatic heterocycles. The van der Waals surface area contributed by atoms with Crippen LogP contribution in [0.1, 0.15) is 95.1 Å². The summed E-state index contributed by atoms with van der Waals surface area (Å²) < 4.78 is 23.5. The summed E-state index contributed by atoms with van der Waals surface area (Å²) in [6.07, 6.45) is 13.5. The van der Waals surface area contributed by atoms with Gasteiger partial charge in [0.25, 0.3) is 0 Å². The third-order valence-corrected chi connectivity index (χ3v) is 7.96. The third kappa shape index (κ3) is 7.13. The lowest BCUT2D eigenvalue weighted by Crippen LogP contribution is -2.17. The molecule has 1 aliphatic rings. The van der Waals surface area contributed by atoms with Crippen LogP contribution in [0, 0.1) is 0 Å². The highest BCUT2D eigenvalue weighted by atomic mass is 32.2. The van der Waals surface area contributed by atoms with E-state index in [4.69, 9.17) is 0 Å². The molecule has 2 rings (SSSR count). The first kappa shape index (κ1) is 20.5. The summed E-state index contributed by atoms with van der Waals surface area (Å²) in [4.78, 5) is 0. The Morgan fingerprint density at radius 3 is 2.12 bits per heavy atom. The van der Waals surface area contributed by atoms with Gasteiger partial charge >= 0.3 is 0 Å². The van der Waals surface area contributed by atoms with Crippen LogP contribution in [0.3, 0.4) is 0 Å². The minimum absolute atomic E-state index is 0.232. The van der Waals surface area contributed by atoms with E-state index in [1.165, 1.54) is 56.1 Å². The maximum atomic E-state index is 11.7. The molecule has 142 valence electrons. The van der Waals surface area contributed by atoms with E-state index in [2.05, 4.69) is 24.3 Å². The van der Waals surface area contributed by atoms with Gasteiger partial charge in [0.1, 0.15) is 0 Å². The zero-order valence-electron chi connectivity index (χ0n) is 16.2. The fraction of sp³-hybridized carbons (Fsp3) is 0.727. The first-order valence-electron chi connectivity index (χ1n) is 10.3. The van der Waals surface area contributed by atoms with Crippen LogP contribution >= 0.6 is 0 Å². The normalized spacial score (nSPS) is 16.4. The predicted octanol–water partition coefficient (Wildman–Crippen LogP) is 6.05. The van der Waals surface area contributed by atoms with Crippen molar-refractivity contribution in [2.45, 2.75) is 95.6 Å². The second-order valence-corrected chi connectivity index (χ2v) is 10.7. The minimum atomic E-state index is -2.85. The predicted molar refractivity (Wildman–Crippen MR) is 108 cm³/mol. The van der Waals surface area contributed by atoms with Crippen molar-refractivity contribution < 1.29 is 8.42 Å². The topological polar surface area (TPSA) is 34.1 Å². The number of hydrogen-bond donors (Lipinski definition) is 0. The lowest BCUT2D eigenvalue weighted by molar-refractivity contribution is 0.443. The van der Waals surface area contributed by atoms with Crippen LogP contribution in [0.25, 0.3) is 0 Å². The Morgan fingerprint density at radius 2 is 1.48 bits per heavy atom. The minimum Gasteiger partial charge on any atom is -0.229 e. The molecule has 0 N–H and O–H groups in total. The first-order chi connectivity index (χ1) is 12.0. The van der Waals surface area contributed by atoms with Crippen LogP contribution in [-0.2, 0) is 16.3 Å². The second-order valence-electron chi connectivity index (χ2n) is 8.01. The lowest BCUT2D eigenvalue weighted by Gasteiger charge is -2.22. The number of unbranched alkanes of at least 4 members (excludes halogenated alkanes) is 4. The first-order valence-corrected chi connectivity index (χ1v) is 12.0. The molecule has 1 aliphatic carbocycles. The van der Waals surface area contributed by atoms with Crippen molar-refractivity contribution in [1.29, 1.82) is 0 Å². The molecular formula is C22H36O2S. The molecule has 0 heterocycles. The summed E-state index contributed by atoms with van der Waals surface area (Å²) in [6, 6.07) is 9.34. The van der Waals surface area contributed by atoms with E-state index < -0.39 is 9.84 Å². The van der Waals surface area contributed by atoms with E-state index in [9.17, 15) is 8.42 Å². The number of rotatable bonds is 10. The average molecular weight is 365 g/mol. The number of benzene rings is 1. The highest BCUT2D eigenvalue weighted by Crippen LogP contribution is 2.32. The molecule has 0 saturated heterocycles. The molecule has 0 atom stereocenters. The van der Waals surface area contributed by atoms with Gasteiger partial charge in [-0.05, 0) is 63.0 Å². The van der Waals surface area contributed by atoms with E-state index in [0.29, 0.717) is 5.75 Å². The standard InChI is InChI=1S/C22H36O2S/c1-19(2)25(23,24)18-10-5-3-4-7-11-20-14-16-22(17-15-20)21-12-8-6-9-13-21/h14-17,19,21H,3-13,18H2,1-2H3. The molecule has 1 fully saturated rings. The fourth-order valence-electron chi connectivity index (χ4n) is 3.79. The van der Waals surface area contributed by atoms with Gasteiger partial charge in [-0.2, -0.15) is 0 Å². The van der Waals surface area contributed by atoms with Crippen molar-refractivity contribution in [3.63, 3.8) is 0 Å². The van der Waals surface area contributed by atoms with Gasteiger partial charge in [-0.25, -0.2) is 8.42 Å². The fourth-order valence-corrected chi connectivity index (χ4v) is 4.87. The molecule has 25 heavy (non-hydrogen) atoms. The van der Waals surface area contributed by atoms with Gasteiger partial charge in [-0.3, -0.25) is 0 Å². The zero-order valence-corrected chi connectivity index (χ0v) is 17.0. The highest BCUT2D eigenvalue weighted by molar-refractivity contribution is 7.91. The maximum absolute atomic E-state index is 11.7. The van der Waals surface area contributed by atoms with Gasteiger partial charge < -0.3 is 0 Å². The van der Waals surface area contributed by atoms with E-state index in [0.717, 1.165) is 31.6 Å². The third-order valence-electron chi connectivity index (χ3n) is 5.67. The Bertz CT molecular complexity index is 581. The van der Waals surface area contributed by atoms with Crippen molar-refractivity contribution in [3.8, 4) is 0 Å². The van der Waals surface area contributed by atoms with Crippen molar-refractivity contribution in [2.75, 3.05) is 5.75 Å². The molecule has 1 aromatic rings. The molecule has 0 unspecified atom stereocenters. The Morgan fingerprint density at radius 1 is 0.880 bits per heavy atom. The van der Waals surface area contributed by atoms with Crippen molar-refractivity contribution in [1.82, 2.24) is 0 Å². The summed E-state index contributed by atoms with van der Waals surface area (Å²) in [5.74, 6) is 1.15. The molecule has 1 aromatic carbocycles. The van der Waals surface area contributed by atoms with Gasteiger partial charge in [0, 0.05) is 0 Å². The molecule has 0 radical (unpaired) electrons. The van der Waals surface area contributed by atoms with Gasteiger partial charge in [0.15, 0.2) is 9.84 Å². The number of sulfone groups is 1. The van der Waals surface area contributed by atoms with Gasteiger partial charge in [-0.1, -0.05) is 62.8 Å². The quantitative estimate of drug-likeness (QED) is 0.474.